The van der Waals surface area contributed by atoms with Crippen LogP contribution in [0.4, 0.5) is 4.79 Å². The lowest BCUT2D eigenvalue weighted by Gasteiger charge is -2.40. The molecule has 1 aliphatic heterocycles. The molecule has 0 saturated carbocycles. The van der Waals surface area contributed by atoms with Crippen molar-refractivity contribution in [2.24, 2.45) is 10.1 Å². The summed E-state index contributed by atoms with van der Waals surface area (Å²) in [4.78, 5) is 17.9. The third-order valence-electron chi connectivity index (χ3n) is 4.06. The van der Waals surface area contributed by atoms with E-state index in [0.717, 1.165) is 5.56 Å². The lowest BCUT2D eigenvalue weighted by atomic mass is 10.1. The fourth-order valence-electron chi connectivity index (χ4n) is 2.60. The van der Waals surface area contributed by atoms with Gasteiger partial charge >= 0.3 is 6.09 Å². The predicted octanol–water partition coefficient (Wildman–Crippen LogP) is 0.661. The van der Waals surface area contributed by atoms with Crippen molar-refractivity contribution in [2.75, 3.05) is 26.7 Å². The Morgan fingerprint density at radius 1 is 1.29 bits per heavy atom. The number of aliphatic imine (C=N–C) groups is 1. The number of guanidine groups is 1. The van der Waals surface area contributed by atoms with Gasteiger partial charge in [-0.25, -0.2) is 18.4 Å². The second-order valence-corrected chi connectivity index (χ2v) is 9.23. The molecule has 28 heavy (non-hydrogen) atoms. The number of ether oxygens (including phenoxy) is 1. The molecule has 1 saturated heterocycles. The first-order valence-electron chi connectivity index (χ1n) is 9.05. The number of carbonyl (C=O) groups is 1. The van der Waals surface area contributed by atoms with Gasteiger partial charge in [-0.05, 0) is 44.9 Å². The molecule has 0 aromatic heterocycles. The van der Waals surface area contributed by atoms with E-state index in [1.807, 2.05) is 20.8 Å². The minimum Gasteiger partial charge on any atom is -0.444 e. The number of nitrogens with zero attached hydrogens (tertiary/aromatic N) is 2. The molecule has 1 amide bonds. The number of amides is 1. The Kier molecular flexibility index (Phi) is 6.89. The summed E-state index contributed by atoms with van der Waals surface area (Å²) >= 11 is 0. The van der Waals surface area contributed by atoms with Gasteiger partial charge in [-0.15, -0.1) is 0 Å². The van der Waals surface area contributed by atoms with Crippen LogP contribution in [0.25, 0.3) is 0 Å². The standard InChI is InChI=1S/C18H29N5O4S/c1-18(2,3)27-17(24)23-11-14(12-23)22-16(20-4)21-10-9-13-5-7-15(8-6-13)28(19,25)26/h5-8,14H,9-12H2,1-4H3,(H2,19,25,26)(H2,20,21,22). The lowest BCUT2D eigenvalue weighted by molar-refractivity contribution is 0.00701. The van der Waals surface area contributed by atoms with Gasteiger partial charge in [0.1, 0.15) is 5.60 Å². The van der Waals surface area contributed by atoms with Crippen molar-refractivity contribution < 1.29 is 17.9 Å². The van der Waals surface area contributed by atoms with Crippen LogP contribution in [-0.4, -0.2) is 63.7 Å². The molecule has 1 heterocycles. The average molecular weight is 412 g/mol. The zero-order valence-electron chi connectivity index (χ0n) is 16.7. The first-order valence-corrected chi connectivity index (χ1v) is 10.6. The molecule has 0 radical (unpaired) electrons. The van der Waals surface area contributed by atoms with Crippen LogP contribution in [0.2, 0.25) is 0 Å². The Labute approximate surface area is 166 Å². The van der Waals surface area contributed by atoms with Crippen LogP contribution in [0.15, 0.2) is 34.2 Å². The Hall–Kier alpha value is -2.33. The van der Waals surface area contributed by atoms with E-state index >= 15 is 0 Å². The molecule has 1 aliphatic rings. The van der Waals surface area contributed by atoms with E-state index in [1.54, 1.807) is 24.1 Å². The van der Waals surface area contributed by atoms with E-state index in [-0.39, 0.29) is 17.0 Å². The quantitative estimate of drug-likeness (QED) is 0.483. The third kappa shape index (κ3) is 6.68. The van der Waals surface area contributed by atoms with E-state index in [9.17, 15) is 13.2 Å². The minimum absolute atomic E-state index is 0.0983. The molecule has 0 aliphatic carbocycles. The van der Waals surface area contributed by atoms with E-state index in [4.69, 9.17) is 9.88 Å². The Morgan fingerprint density at radius 2 is 1.89 bits per heavy atom. The van der Waals surface area contributed by atoms with Crippen LogP contribution in [0.1, 0.15) is 26.3 Å². The zero-order chi connectivity index (χ0) is 20.9. The minimum atomic E-state index is -3.67. The van der Waals surface area contributed by atoms with Gasteiger partial charge in [0.05, 0.1) is 10.9 Å². The summed E-state index contributed by atoms with van der Waals surface area (Å²) in [6.45, 7) is 7.27. The van der Waals surface area contributed by atoms with Crippen LogP contribution in [0.3, 0.4) is 0 Å². The van der Waals surface area contributed by atoms with E-state index in [0.29, 0.717) is 32.0 Å². The van der Waals surface area contributed by atoms with Gasteiger partial charge in [-0.2, -0.15) is 0 Å². The fraction of sp³-hybridized carbons (Fsp3) is 0.556. The normalized spacial score (nSPS) is 15.8. The Bertz CT molecular complexity index is 809. The third-order valence-corrected chi connectivity index (χ3v) is 4.98. The Balaban J connectivity index is 1.72. The first kappa shape index (κ1) is 22.0. The van der Waals surface area contributed by atoms with Crippen molar-refractivity contribution in [3.63, 3.8) is 0 Å². The van der Waals surface area contributed by atoms with Crippen molar-refractivity contribution in [1.29, 1.82) is 0 Å². The molecular weight excluding hydrogens is 382 g/mol. The van der Waals surface area contributed by atoms with E-state index in [2.05, 4.69) is 15.6 Å². The summed E-state index contributed by atoms with van der Waals surface area (Å²) in [5, 5.41) is 11.6. The predicted molar refractivity (Wildman–Crippen MR) is 108 cm³/mol. The molecule has 156 valence electrons. The maximum atomic E-state index is 11.9. The summed E-state index contributed by atoms with van der Waals surface area (Å²) < 4.78 is 27.9. The van der Waals surface area contributed by atoms with Crippen LogP contribution in [0.5, 0.6) is 0 Å². The number of primary sulfonamides is 1. The smallest absolute Gasteiger partial charge is 0.410 e. The van der Waals surface area contributed by atoms with Crippen LogP contribution >= 0.6 is 0 Å². The number of nitrogens with one attached hydrogen (secondary N) is 2. The number of hydrogen-bond donors (Lipinski definition) is 3. The average Bonchev–Trinajstić information content (AvgIpc) is 2.53. The van der Waals surface area contributed by atoms with Crippen molar-refractivity contribution in [3.05, 3.63) is 29.8 Å². The highest BCUT2D eigenvalue weighted by Crippen LogP contribution is 2.15. The number of rotatable bonds is 5. The van der Waals surface area contributed by atoms with Gasteiger partial charge in [-0.3, -0.25) is 4.99 Å². The molecule has 0 unspecified atom stereocenters. The molecule has 0 spiro atoms. The number of likely N-dealkylation sites (tertiary alicyclic amines) is 1. The summed E-state index contributed by atoms with van der Waals surface area (Å²) in [6, 6.07) is 6.59. The van der Waals surface area contributed by atoms with Gasteiger partial charge in [0.25, 0.3) is 0 Å². The maximum absolute atomic E-state index is 11.9. The SMILES string of the molecule is CN=C(NCCc1ccc(S(N)(=O)=O)cc1)NC1CN(C(=O)OC(C)(C)C)C1. The van der Waals surface area contributed by atoms with Gasteiger partial charge in [0, 0.05) is 26.7 Å². The van der Waals surface area contributed by atoms with Gasteiger partial charge in [0.2, 0.25) is 10.0 Å². The molecule has 9 nitrogen and oxygen atoms in total. The molecule has 2 rings (SSSR count). The molecular formula is C18H29N5O4S. The molecule has 0 bridgehead atoms. The molecule has 0 atom stereocenters. The zero-order valence-corrected chi connectivity index (χ0v) is 17.5. The summed E-state index contributed by atoms with van der Waals surface area (Å²) in [5.41, 5.74) is 0.481. The number of benzene rings is 1. The van der Waals surface area contributed by atoms with Crippen molar-refractivity contribution >= 4 is 22.1 Å². The largest absolute Gasteiger partial charge is 0.444 e. The molecule has 1 aromatic rings. The highest BCUT2D eigenvalue weighted by atomic mass is 32.2. The van der Waals surface area contributed by atoms with Gasteiger partial charge < -0.3 is 20.3 Å². The highest BCUT2D eigenvalue weighted by molar-refractivity contribution is 7.89. The monoisotopic (exact) mass is 411 g/mol. The molecule has 4 N–H and O–H groups in total. The first-order chi connectivity index (χ1) is 13.0. The number of nitrogens with two attached hydrogens (primary N) is 1. The summed E-state index contributed by atoms with van der Waals surface area (Å²) in [5.74, 6) is 0.648. The second kappa shape index (κ2) is 8.78. The van der Waals surface area contributed by atoms with Crippen LogP contribution < -0.4 is 15.8 Å². The number of carbonyl (C=O) groups excluding carboxylic acids is 1. The van der Waals surface area contributed by atoms with Crippen molar-refractivity contribution in [1.82, 2.24) is 15.5 Å². The topological polar surface area (TPSA) is 126 Å². The van der Waals surface area contributed by atoms with E-state index in [1.165, 1.54) is 12.1 Å². The van der Waals surface area contributed by atoms with Crippen molar-refractivity contribution in [2.45, 2.75) is 43.7 Å². The molecule has 1 aromatic carbocycles. The number of sulfonamides is 1. The Morgan fingerprint density at radius 3 is 2.39 bits per heavy atom. The molecule has 1 fully saturated rings. The summed E-state index contributed by atoms with van der Waals surface area (Å²) in [7, 11) is -1.99. The highest BCUT2D eigenvalue weighted by Gasteiger charge is 2.34. The second-order valence-electron chi connectivity index (χ2n) is 7.66. The van der Waals surface area contributed by atoms with Crippen LogP contribution in [0, 0.1) is 0 Å². The molecule has 10 heteroatoms. The number of hydrogen-bond acceptors (Lipinski definition) is 5. The van der Waals surface area contributed by atoms with Crippen LogP contribution in [-0.2, 0) is 21.2 Å². The fourth-order valence-corrected chi connectivity index (χ4v) is 3.12. The van der Waals surface area contributed by atoms with Gasteiger partial charge in [0.15, 0.2) is 5.96 Å². The maximum Gasteiger partial charge on any atom is 0.410 e. The van der Waals surface area contributed by atoms with Gasteiger partial charge in [-0.1, -0.05) is 12.1 Å². The van der Waals surface area contributed by atoms with E-state index < -0.39 is 15.6 Å². The lowest BCUT2D eigenvalue weighted by Crippen LogP contribution is -2.63. The summed E-state index contributed by atoms with van der Waals surface area (Å²) in [6.07, 6.45) is 0.386. The van der Waals surface area contributed by atoms with Crippen molar-refractivity contribution in [3.8, 4) is 0 Å².